The number of rotatable bonds is 10. The topological polar surface area (TPSA) is 117 Å². The molecular weight excluding hydrogens is 530 g/mol. The van der Waals surface area contributed by atoms with Crippen molar-refractivity contribution < 1.29 is 19.1 Å². The van der Waals surface area contributed by atoms with Crippen LogP contribution in [0.1, 0.15) is 42.9 Å². The molecule has 9 nitrogen and oxygen atoms in total. The normalized spacial score (nSPS) is 19.9. The number of halogens is 1. The van der Waals surface area contributed by atoms with Crippen LogP contribution in [0.15, 0.2) is 42.5 Å². The molecule has 3 amide bonds. The smallest absolute Gasteiger partial charge is 0.246 e. The number of aryl methyl sites for hydroxylation is 1. The summed E-state index contributed by atoms with van der Waals surface area (Å²) in [6, 6.07) is 12.2. The molecule has 4 rings (SSSR count). The molecule has 0 saturated carbocycles. The highest BCUT2D eigenvalue weighted by Gasteiger charge is 2.34. The predicted molar refractivity (Wildman–Crippen MR) is 156 cm³/mol. The standard InChI is InChI=1S/C30H40ClN5O4/c1-20-16-24(9-10-25(20)31)33-29(38)26(11-12-32)34-30(39)27-17-22-6-3-4-7-23(22)18-35(27)13-5-8-28(37)36-14-15-40-19-21(36)2/h3-4,6-7,9-10,16,21,26-27H,5,8,11-15,17-19,32H2,1-2H3,(H,33,38)(H,34,39)/t21-,26-,27-/m0/s1. The molecule has 216 valence electrons. The summed E-state index contributed by atoms with van der Waals surface area (Å²) in [4.78, 5) is 43.7. The van der Waals surface area contributed by atoms with Gasteiger partial charge in [-0.2, -0.15) is 0 Å². The maximum Gasteiger partial charge on any atom is 0.246 e. The summed E-state index contributed by atoms with van der Waals surface area (Å²) in [5.74, 6) is -0.427. The third-order valence-corrected chi connectivity index (χ3v) is 8.11. The van der Waals surface area contributed by atoms with E-state index in [2.05, 4.69) is 21.6 Å². The Hall–Kier alpha value is -2.98. The van der Waals surface area contributed by atoms with Crippen LogP contribution < -0.4 is 16.4 Å². The van der Waals surface area contributed by atoms with Gasteiger partial charge in [0.2, 0.25) is 17.7 Å². The minimum absolute atomic E-state index is 0.0732. The average Bonchev–Trinajstić information content (AvgIpc) is 2.94. The summed E-state index contributed by atoms with van der Waals surface area (Å²) in [7, 11) is 0. The minimum atomic E-state index is -0.781. The molecule has 1 saturated heterocycles. The highest BCUT2D eigenvalue weighted by atomic mass is 35.5. The van der Waals surface area contributed by atoms with Crippen molar-refractivity contribution in [2.45, 2.75) is 64.2 Å². The van der Waals surface area contributed by atoms with E-state index >= 15 is 0 Å². The first-order valence-electron chi connectivity index (χ1n) is 14.0. The van der Waals surface area contributed by atoms with Crippen molar-refractivity contribution in [3.05, 3.63) is 64.2 Å². The first-order valence-corrected chi connectivity index (χ1v) is 14.4. The van der Waals surface area contributed by atoms with Crippen molar-refractivity contribution in [2.75, 3.05) is 38.2 Å². The van der Waals surface area contributed by atoms with Crippen molar-refractivity contribution >= 4 is 35.0 Å². The number of carbonyl (C=O) groups excluding carboxylic acids is 3. The fourth-order valence-electron chi connectivity index (χ4n) is 5.40. The van der Waals surface area contributed by atoms with Gasteiger partial charge in [0, 0.05) is 30.2 Å². The van der Waals surface area contributed by atoms with Gasteiger partial charge in [0.1, 0.15) is 6.04 Å². The van der Waals surface area contributed by atoms with Gasteiger partial charge in [0.15, 0.2) is 0 Å². The molecule has 0 radical (unpaired) electrons. The largest absolute Gasteiger partial charge is 0.377 e. The summed E-state index contributed by atoms with van der Waals surface area (Å²) in [6.45, 7) is 7.05. The molecule has 10 heteroatoms. The van der Waals surface area contributed by atoms with Crippen LogP contribution in [0.25, 0.3) is 0 Å². The van der Waals surface area contributed by atoms with Crippen LogP contribution in [0, 0.1) is 6.92 Å². The number of hydrogen-bond acceptors (Lipinski definition) is 6. The lowest BCUT2D eigenvalue weighted by Crippen LogP contribution is -2.55. The van der Waals surface area contributed by atoms with E-state index in [9.17, 15) is 14.4 Å². The number of nitrogens with zero attached hydrogens (tertiary/aromatic N) is 2. The molecule has 40 heavy (non-hydrogen) atoms. The molecule has 2 heterocycles. The van der Waals surface area contributed by atoms with Crippen molar-refractivity contribution in [1.29, 1.82) is 0 Å². The molecule has 0 bridgehead atoms. The lowest BCUT2D eigenvalue weighted by Gasteiger charge is -2.37. The van der Waals surface area contributed by atoms with Gasteiger partial charge in [-0.1, -0.05) is 35.9 Å². The molecule has 2 aromatic rings. The molecule has 3 atom stereocenters. The van der Waals surface area contributed by atoms with E-state index in [4.69, 9.17) is 22.1 Å². The van der Waals surface area contributed by atoms with Crippen molar-refractivity contribution in [1.82, 2.24) is 15.1 Å². The number of hydrogen-bond donors (Lipinski definition) is 3. The summed E-state index contributed by atoms with van der Waals surface area (Å²) in [5, 5.41) is 6.46. The zero-order valence-corrected chi connectivity index (χ0v) is 24.1. The first kappa shape index (κ1) is 30.0. The molecule has 2 aliphatic rings. The third-order valence-electron chi connectivity index (χ3n) is 7.69. The molecule has 4 N–H and O–H groups in total. The highest BCUT2D eigenvalue weighted by Crippen LogP contribution is 2.25. The second-order valence-corrected chi connectivity index (χ2v) is 11.1. The van der Waals surface area contributed by atoms with Crippen LogP contribution in [0.2, 0.25) is 5.02 Å². The van der Waals surface area contributed by atoms with Crippen LogP contribution in [-0.2, 0) is 32.1 Å². The van der Waals surface area contributed by atoms with Crippen molar-refractivity contribution in [2.24, 2.45) is 5.73 Å². The van der Waals surface area contributed by atoms with E-state index < -0.39 is 12.1 Å². The Balaban J connectivity index is 1.42. The number of amides is 3. The van der Waals surface area contributed by atoms with Crippen molar-refractivity contribution in [3.8, 4) is 0 Å². The van der Waals surface area contributed by atoms with Crippen LogP contribution >= 0.6 is 11.6 Å². The highest BCUT2D eigenvalue weighted by molar-refractivity contribution is 6.31. The quantitative estimate of drug-likeness (QED) is 0.405. The van der Waals surface area contributed by atoms with E-state index in [0.29, 0.717) is 69.2 Å². The average molecular weight is 570 g/mol. The Labute approximate surface area is 241 Å². The van der Waals surface area contributed by atoms with Crippen LogP contribution in [-0.4, -0.2) is 78.5 Å². The van der Waals surface area contributed by atoms with Gasteiger partial charge < -0.3 is 26.0 Å². The lowest BCUT2D eigenvalue weighted by molar-refractivity contribution is -0.139. The van der Waals surface area contributed by atoms with Crippen molar-refractivity contribution in [3.63, 3.8) is 0 Å². The zero-order valence-electron chi connectivity index (χ0n) is 23.3. The van der Waals surface area contributed by atoms with E-state index in [1.807, 2.05) is 36.9 Å². The second kappa shape index (κ2) is 14.1. The second-order valence-electron chi connectivity index (χ2n) is 10.7. The Morgan fingerprint density at radius 2 is 1.95 bits per heavy atom. The van der Waals surface area contributed by atoms with Gasteiger partial charge in [-0.3, -0.25) is 19.3 Å². The monoisotopic (exact) mass is 569 g/mol. The van der Waals surface area contributed by atoms with Gasteiger partial charge in [-0.05, 0) is 81.1 Å². The number of nitrogens with one attached hydrogen (secondary N) is 2. The maximum absolute atomic E-state index is 13.7. The van der Waals surface area contributed by atoms with Gasteiger partial charge in [-0.15, -0.1) is 0 Å². The fraction of sp³-hybridized carbons (Fsp3) is 0.500. The van der Waals surface area contributed by atoms with E-state index in [1.54, 1.807) is 18.2 Å². The minimum Gasteiger partial charge on any atom is -0.377 e. The molecule has 0 aliphatic carbocycles. The number of ether oxygens (including phenoxy) is 1. The Bertz CT molecular complexity index is 1210. The summed E-state index contributed by atoms with van der Waals surface area (Å²) >= 11 is 6.12. The van der Waals surface area contributed by atoms with E-state index in [-0.39, 0.29) is 30.3 Å². The Morgan fingerprint density at radius 3 is 2.67 bits per heavy atom. The molecule has 0 spiro atoms. The molecule has 2 aromatic carbocycles. The zero-order chi connectivity index (χ0) is 28.6. The number of benzene rings is 2. The number of anilines is 1. The Morgan fingerprint density at radius 1 is 1.18 bits per heavy atom. The lowest BCUT2D eigenvalue weighted by atomic mass is 9.93. The van der Waals surface area contributed by atoms with Gasteiger partial charge in [0.25, 0.3) is 0 Å². The molecular formula is C30H40ClN5O4. The van der Waals surface area contributed by atoms with Gasteiger partial charge >= 0.3 is 0 Å². The molecule has 0 unspecified atom stereocenters. The SMILES string of the molecule is Cc1cc(NC(=O)[C@H](CCN)NC(=O)[C@@H]2Cc3ccccc3CN2CCCC(=O)N2CCOC[C@@H]2C)ccc1Cl. The van der Waals surface area contributed by atoms with Gasteiger partial charge in [-0.25, -0.2) is 0 Å². The maximum atomic E-state index is 13.7. The summed E-state index contributed by atoms with van der Waals surface area (Å²) in [6.07, 6.45) is 1.89. The number of morpholine rings is 1. The number of nitrogens with two attached hydrogens (primary N) is 1. The fourth-order valence-corrected chi connectivity index (χ4v) is 5.52. The number of fused-ring (bicyclic) bond motifs is 1. The van der Waals surface area contributed by atoms with E-state index in [1.165, 1.54) is 5.56 Å². The van der Waals surface area contributed by atoms with Crippen LogP contribution in [0.3, 0.4) is 0 Å². The van der Waals surface area contributed by atoms with Crippen LogP contribution in [0.4, 0.5) is 5.69 Å². The first-order chi connectivity index (χ1) is 19.3. The van der Waals surface area contributed by atoms with Crippen LogP contribution in [0.5, 0.6) is 0 Å². The van der Waals surface area contributed by atoms with Gasteiger partial charge in [0.05, 0.1) is 25.3 Å². The predicted octanol–water partition coefficient (Wildman–Crippen LogP) is 2.87. The summed E-state index contributed by atoms with van der Waals surface area (Å²) in [5.41, 5.74) is 9.56. The third kappa shape index (κ3) is 7.60. The molecule has 1 fully saturated rings. The molecule has 0 aromatic heterocycles. The number of carbonyl (C=O) groups is 3. The van der Waals surface area contributed by atoms with E-state index in [0.717, 1.165) is 11.1 Å². The Kier molecular flexibility index (Phi) is 10.6. The summed E-state index contributed by atoms with van der Waals surface area (Å²) < 4.78 is 5.46. The molecule has 2 aliphatic heterocycles.